The van der Waals surface area contributed by atoms with Crippen LogP contribution in [-0.4, -0.2) is 44.9 Å². The van der Waals surface area contributed by atoms with Crippen molar-refractivity contribution in [2.24, 2.45) is 5.73 Å². The molecule has 1 aliphatic heterocycles. The zero-order valence-corrected chi connectivity index (χ0v) is 13.9. The molecule has 1 aromatic carbocycles. The fourth-order valence-electron chi connectivity index (χ4n) is 2.37. The quantitative estimate of drug-likeness (QED) is 0.821. The number of likely N-dealkylation sites (tertiary alicyclic amines) is 1. The predicted octanol–water partition coefficient (Wildman–Crippen LogP) is 0.726. The molecule has 22 heavy (non-hydrogen) atoms. The van der Waals surface area contributed by atoms with Crippen LogP contribution in [0.15, 0.2) is 35.2 Å². The maximum atomic E-state index is 12.0. The van der Waals surface area contributed by atoms with Crippen molar-refractivity contribution in [3.8, 4) is 0 Å². The topological polar surface area (TPSA) is 92.5 Å². The highest BCUT2D eigenvalue weighted by Crippen LogP contribution is 2.10. The van der Waals surface area contributed by atoms with Crippen LogP contribution in [-0.2, 0) is 14.8 Å². The molecule has 2 rings (SSSR count). The second-order valence-electron chi connectivity index (χ2n) is 5.20. The molecule has 1 aliphatic rings. The zero-order chi connectivity index (χ0) is 15.3. The number of nitrogens with two attached hydrogens (primary N) is 1. The lowest BCUT2D eigenvalue weighted by Gasteiger charge is -2.30. The Morgan fingerprint density at radius 1 is 1.32 bits per heavy atom. The molecule has 6 nitrogen and oxygen atoms in total. The second kappa shape index (κ2) is 8.47. The van der Waals surface area contributed by atoms with E-state index in [9.17, 15) is 13.2 Å². The molecular weight excluding hydrogens is 326 g/mol. The summed E-state index contributed by atoms with van der Waals surface area (Å²) in [5.41, 5.74) is 5.83. The number of hydrogen-bond donors (Lipinski definition) is 2. The third kappa shape index (κ3) is 5.24. The number of halogens is 1. The minimum atomic E-state index is -3.54. The molecule has 124 valence electrons. The summed E-state index contributed by atoms with van der Waals surface area (Å²) in [6.07, 6.45) is 1.99. The first-order chi connectivity index (χ1) is 9.99. The van der Waals surface area contributed by atoms with Crippen LogP contribution >= 0.6 is 12.4 Å². The first kappa shape index (κ1) is 18.9. The van der Waals surface area contributed by atoms with Crippen LogP contribution in [0.5, 0.6) is 0 Å². The van der Waals surface area contributed by atoms with E-state index < -0.39 is 10.0 Å². The molecule has 1 saturated heterocycles. The molecule has 1 unspecified atom stereocenters. The van der Waals surface area contributed by atoms with Crippen molar-refractivity contribution in [2.45, 2.75) is 30.2 Å². The molecule has 0 aromatic heterocycles. The van der Waals surface area contributed by atoms with E-state index in [4.69, 9.17) is 5.73 Å². The number of nitrogens with zero attached hydrogens (tertiary/aromatic N) is 1. The summed E-state index contributed by atoms with van der Waals surface area (Å²) < 4.78 is 26.4. The molecule has 0 spiro atoms. The van der Waals surface area contributed by atoms with Gasteiger partial charge in [-0.1, -0.05) is 18.2 Å². The molecule has 1 heterocycles. The molecule has 1 aromatic rings. The predicted molar refractivity (Wildman–Crippen MR) is 87.3 cm³/mol. The Balaban J connectivity index is 0.00000242. The number of sulfonamides is 1. The van der Waals surface area contributed by atoms with Gasteiger partial charge in [0.2, 0.25) is 15.9 Å². The number of carbonyl (C=O) groups excluding carboxylic acids is 1. The number of rotatable bonds is 5. The number of benzene rings is 1. The van der Waals surface area contributed by atoms with Gasteiger partial charge in [-0.15, -0.1) is 12.4 Å². The molecule has 3 N–H and O–H groups in total. The van der Waals surface area contributed by atoms with Crippen molar-refractivity contribution < 1.29 is 13.2 Å². The summed E-state index contributed by atoms with van der Waals surface area (Å²) in [7, 11) is -3.54. The Hall–Kier alpha value is -1.15. The summed E-state index contributed by atoms with van der Waals surface area (Å²) in [5.74, 6) is -0.0547. The van der Waals surface area contributed by atoms with E-state index in [1.54, 1.807) is 23.1 Å². The molecule has 1 fully saturated rings. The number of nitrogens with one attached hydrogen (secondary N) is 1. The molecule has 8 heteroatoms. The van der Waals surface area contributed by atoms with Crippen LogP contribution < -0.4 is 10.5 Å². The molecule has 1 amide bonds. The van der Waals surface area contributed by atoms with Gasteiger partial charge in [0, 0.05) is 32.1 Å². The van der Waals surface area contributed by atoms with E-state index in [1.165, 1.54) is 12.1 Å². The minimum absolute atomic E-state index is 0. The molecule has 0 aliphatic carbocycles. The van der Waals surface area contributed by atoms with Crippen molar-refractivity contribution in [1.82, 2.24) is 9.62 Å². The Kier molecular flexibility index (Phi) is 7.28. The average Bonchev–Trinajstić information content (AvgIpc) is 2.48. The maximum Gasteiger partial charge on any atom is 0.240 e. The highest BCUT2D eigenvalue weighted by Gasteiger charge is 2.21. The van der Waals surface area contributed by atoms with Gasteiger partial charge in [-0.05, 0) is 25.0 Å². The summed E-state index contributed by atoms with van der Waals surface area (Å²) in [6.45, 7) is 1.37. The lowest BCUT2D eigenvalue weighted by Crippen LogP contribution is -2.46. The van der Waals surface area contributed by atoms with E-state index in [1.807, 2.05) is 0 Å². The fraction of sp³-hybridized carbons (Fsp3) is 0.500. The standard InChI is InChI=1S/C14H21N3O3S.ClH/c15-12-5-4-10-17(11-12)14(18)8-9-16-21(19,20)13-6-2-1-3-7-13;/h1-3,6-7,12,16H,4-5,8-11,15H2;1H. The van der Waals surface area contributed by atoms with Crippen molar-refractivity contribution in [3.63, 3.8) is 0 Å². The molecule has 0 saturated carbocycles. The number of amides is 1. The number of piperidine rings is 1. The second-order valence-corrected chi connectivity index (χ2v) is 6.97. The number of hydrogen-bond acceptors (Lipinski definition) is 4. The van der Waals surface area contributed by atoms with Crippen LogP contribution in [0.2, 0.25) is 0 Å². The summed E-state index contributed by atoms with van der Waals surface area (Å²) in [4.78, 5) is 13.9. The van der Waals surface area contributed by atoms with E-state index in [0.29, 0.717) is 13.1 Å². The molecule has 1 atom stereocenters. The van der Waals surface area contributed by atoms with Crippen LogP contribution in [0.1, 0.15) is 19.3 Å². The smallest absolute Gasteiger partial charge is 0.240 e. The van der Waals surface area contributed by atoms with Gasteiger partial charge >= 0.3 is 0 Å². The first-order valence-corrected chi connectivity index (χ1v) is 8.55. The van der Waals surface area contributed by atoms with Gasteiger partial charge in [0.15, 0.2) is 0 Å². The van der Waals surface area contributed by atoms with Crippen LogP contribution in [0.25, 0.3) is 0 Å². The van der Waals surface area contributed by atoms with Crippen LogP contribution in [0.3, 0.4) is 0 Å². The monoisotopic (exact) mass is 347 g/mol. The fourth-order valence-corrected chi connectivity index (χ4v) is 3.42. The van der Waals surface area contributed by atoms with Crippen molar-refractivity contribution in [1.29, 1.82) is 0 Å². The van der Waals surface area contributed by atoms with E-state index in [0.717, 1.165) is 12.8 Å². The third-order valence-corrected chi connectivity index (χ3v) is 4.97. The van der Waals surface area contributed by atoms with Gasteiger partial charge in [-0.25, -0.2) is 13.1 Å². The van der Waals surface area contributed by atoms with E-state index >= 15 is 0 Å². The van der Waals surface area contributed by atoms with Gasteiger partial charge in [-0.2, -0.15) is 0 Å². The Bertz CT molecular complexity index is 580. The normalized spacial score (nSPS) is 18.6. The van der Waals surface area contributed by atoms with E-state index in [-0.39, 0.29) is 42.2 Å². The number of carbonyl (C=O) groups is 1. The Morgan fingerprint density at radius 2 is 2.00 bits per heavy atom. The summed E-state index contributed by atoms with van der Waals surface area (Å²) >= 11 is 0. The van der Waals surface area contributed by atoms with Gasteiger partial charge in [0.25, 0.3) is 0 Å². The van der Waals surface area contributed by atoms with Crippen LogP contribution in [0.4, 0.5) is 0 Å². The lowest BCUT2D eigenvalue weighted by atomic mass is 10.1. The zero-order valence-electron chi connectivity index (χ0n) is 12.3. The first-order valence-electron chi connectivity index (χ1n) is 7.07. The lowest BCUT2D eigenvalue weighted by molar-refractivity contribution is -0.132. The minimum Gasteiger partial charge on any atom is -0.341 e. The van der Waals surface area contributed by atoms with Gasteiger partial charge in [-0.3, -0.25) is 4.79 Å². The SMILES string of the molecule is Cl.NC1CCCN(C(=O)CCNS(=O)(=O)c2ccccc2)C1. The van der Waals surface area contributed by atoms with Crippen molar-refractivity contribution in [3.05, 3.63) is 30.3 Å². The van der Waals surface area contributed by atoms with Gasteiger partial charge < -0.3 is 10.6 Å². The van der Waals surface area contributed by atoms with E-state index in [2.05, 4.69) is 4.72 Å². The highest BCUT2D eigenvalue weighted by atomic mass is 35.5. The largest absolute Gasteiger partial charge is 0.341 e. The molecule has 0 bridgehead atoms. The molecule has 0 radical (unpaired) electrons. The average molecular weight is 348 g/mol. The van der Waals surface area contributed by atoms with Crippen molar-refractivity contribution in [2.75, 3.05) is 19.6 Å². The maximum absolute atomic E-state index is 12.0. The Labute approximate surface area is 137 Å². The third-order valence-electron chi connectivity index (χ3n) is 3.50. The van der Waals surface area contributed by atoms with Crippen LogP contribution in [0, 0.1) is 0 Å². The Morgan fingerprint density at radius 3 is 2.64 bits per heavy atom. The highest BCUT2D eigenvalue weighted by molar-refractivity contribution is 7.89. The summed E-state index contributed by atoms with van der Waals surface area (Å²) in [5, 5.41) is 0. The van der Waals surface area contributed by atoms with Crippen molar-refractivity contribution >= 4 is 28.3 Å². The van der Waals surface area contributed by atoms with Gasteiger partial charge in [0.1, 0.15) is 0 Å². The summed E-state index contributed by atoms with van der Waals surface area (Å²) in [6, 6.07) is 8.15. The van der Waals surface area contributed by atoms with Gasteiger partial charge in [0.05, 0.1) is 4.90 Å². The molecular formula is C14H22ClN3O3S.